The molecule has 13 nitrogen and oxygen atoms in total. The summed E-state index contributed by atoms with van der Waals surface area (Å²) in [4.78, 5) is 35.9. The number of esters is 2. The summed E-state index contributed by atoms with van der Waals surface area (Å²) in [7, 11) is 2.72. The van der Waals surface area contributed by atoms with Crippen LogP contribution >= 0.6 is 22.6 Å². The second-order valence-electron chi connectivity index (χ2n) is 8.54. The zero-order valence-electron chi connectivity index (χ0n) is 23.1. The van der Waals surface area contributed by atoms with Crippen LogP contribution in [0.25, 0.3) is 0 Å². The number of nitrogens with one attached hydrogen (secondary N) is 3. The molecule has 0 unspecified atom stereocenters. The van der Waals surface area contributed by atoms with Gasteiger partial charge in [-0.2, -0.15) is 5.10 Å². The molecule has 14 heteroatoms. The quantitative estimate of drug-likeness (QED) is 0.0654. The number of nitrogens with zero attached hydrogens (tertiary/aromatic N) is 1. The molecule has 2 aromatic rings. The second-order valence-corrected chi connectivity index (χ2v) is 9.70. The molecule has 2 atom stereocenters. The number of aliphatic hydroxyl groups excluding tert-OH is 1. The fourth-order valence-electron chi connectivity index (χ4n) is 3.88. The van der Waals surface area contributed by atoms with Gasteiger partial charge < -0.3 is 39.4 Å². The standard InChI is InChI=1S/C27H31IN4O9/c1-6-39-20-11-17(24-23(26(35)38-5)14(2)30-27(36)31-24)7-8-19(20)40-13-22(34)32-29-12-16-9-18(28)25(41-15(3)33)21(10-16)37-4/h7-12,22,24,32,34H,6,13H2,1-5H3,(H2,30,31,36)/b29-12+/t22-,24-/m0/s1. The maximum Gasteiger partial charge on any atom is 0.337 e. The van der Waals surface area contributed by atoms with Crippen LogP contribution in [0.15, 0.2) is 46.7 Å². The third-order valence-corrected chi connectivity index (χ3v) is 6.41. The molecule has 0 spiro atoms. The first-order valence-electron chi connectivity index (χ1n) is 12.4. The zero-order chi connectivity index (χ0) is 30.1. The van der Waals surface area contributed by atoms with Gasteiger partial charge >= 0.3 is 18.0 Å². The molecule has 3 rings (SSSR count). The van der Waals surface area contributed by atoms with E-state index in [2.05, 4.69) is 21.2 Å². The number of amides is 2. The smallest absolute Gasteiger partial charge is 0.337 e. The second kappa shape index (κ2) is 14.5. The van der Waals surface area contributed by atoms with Gasteiger partial charge in [-0.1, -0.05) is 6.07 Å². The molecule has 0 aromatic heterocycles. The lowest BCUT2D eigenvalue weighted by Crippen LogP contribution is -2.45. The predicted octanol–water partition coefficient (Wildman–Crippen LogP) is 2.75. The van der Waals surface area contributed by atoms with Crippen molar-refractivity contribution in [3.63, 3.8) is 0 Å². The summed E-state index contributed by atoms with van der Waals surface area (Å²) in [6.07, 6.45) is 0.287. The van der Waals surface area contributed by atoms with Crippen molar-refractivity contribution in [3.8, 4) is 23.0 Å². The average Bonchev–Trinajstić information content (AvgIpc) is 2.92. The van der Waals surface area contributed by atoms with Gasteiger partial charge in [-0.3, -0.25) is 10.2 Å². The maximum absolute atomic E-state index is 12.4. The first-order chi connectivity index (χ1) is 19.6. The normalized spacial score (nSPS) is 15.5. The van der Waals surface area contributed by atoms with E-state index < -0.39 is 30.2 Å². The topological polar surface area (TPSA) is 166 Å². The highest BCUT2D eigenvalue weighted by Gasteiger charge is 2.32. The highest BCUT2D eigenvalue weighted by atomic mass is 127. The molecule has 0 saturated heterocycles. The molecule has 4 N–H and O–H groups in total. The SMILES string of the molecule is CCOc1cc([C@@H]2NC(=O)NC(C)=C2C(=O)OC)ccc1OC[C@H](O)N/N=C/c1cc(I)c(OC(C)=O)c(OC)c1. The Morgan fingerprint density at radius 1 is 1.17 bits per heavy atom. The largest absolute Gasteiger partial charge is 0.493 e. The van der Waals surface area contributed by atoms with Crippen molar-refractivity contribution in [1.29, 1.82) is 0 Å². The van der Waals surface area contributed by atoms with Crippen LogP contribution in [0.5, 0.6) is 23.0 Å². The van der Waals surface area contributed by atoms with E-state index in [1.54, 1.807) is 44.2 Å². The van der Waals surface area contributed by atoms with Crippen molar-refractivity contribution >= 4 is 46.8 Å². The zero-order valence-corrected chi connectivity index (χ0v) is 25.2. The van der Waals surface area contributed by atoms with E-state index in [-0.39, 0.29) is 12.2 Å². The molecular formula is C27H31IN4O9. The minimum absolute atomic E-state index is 0.181. The van der Waals surface area contributed by atoms with E-state index in [1.807, 2.05) is 22.6 Å². The third kappa shape index (κ3) is 8.23. The summed E-state index contributed by atoms with van der Waals surface area (Å²) in [5.74, 6) is 0.307. The number of hydrazone groups is 1. The maximum atomic E-state index is 12.4. The molecule has 1 aliphatic heterocycles. The number of aliphatic hydroxyl groups is 1. The Hall–Kier alpha value is -4.05. The fraction of sp³-hybridized carbons (Fsp3) is 0.333. The first kappa shape index (κ1) is 31.5. The molecule has 220 valence electrons. The molecule has 1 heterocycles. The van der Waals surface area contributed by atoms with E-state index in [4.69, 9.17) is 23.7 Å². The van der Waals surface area contributed by atoms with Gasteiger partial charge in [-0.25, -0.2) is 9.59 Å². The number of halogens is 1. The molecule has 41 heavy (non-hydrogen) atoms. The number of carbonyl (C=O) groups excluding carboxylic acids is 3. The highest BCUT2D eigenvalue weighted by molar-refractivity contribution is 14.1. The third-order valence-electron chi connectivity index (χ3n) is 5.61. The van der Waals surface area contributed by atoms with Gasteiger partial charge in [0.1, 0.15) is 6.61 Å². The summed E-state index contributed by atoms with van der Waals surface area (Å²) >= 11 is 2.02. The van der Waals surface area contributed by atoms with Crippen LogP contribution in [0, 0.1) is 3.57 Å². The van der Waals surface area contributed by atoms with Gasteiger partial charge in [0, 0.05) is 12.6 Å². The molecule has 0 fully saturated rings. The van der Waals surface area contributed by atoms with Crippen LogP contribution in [0.4, 0.5) is 4.79 Å². The molecule has 0 radical (unpaired) electrons. The Bertz CT molecular complexity index is 1360. The number of urea groups is 1. The Labute approximate surface area is 250 Å². The number of hydrogen-bond donors (Lipinski definition) is 4. The monoisotopic (exact) mass is 682 g/mol. The van der Waals surface area contributed by atoms with Crippen LogP contribution in [0.2, 0.25) is 0 Å². The lowest BCUT2D eigenvalue weighted by molar-refractivity contribution is -0.136. The Morgan fingerprint density at radius 3 is 2.59 bits per heavy atom. The van der Waals surface area contributed by atoms with Crippen molar-refractivity contribution in [3.05, 3.63) is 56.3 Å². The van der Waals surface area contributed by atoms with Gasteiger partial charge in [-0.15, -0.1) is 0 Å². The summed E-state index contributed by atoms with van der Waals surface area (Å²) in [6, 6.07) is 7.09. The van der Waals surface area contributed by atoms with Crippen LogP contribution in [-0.4, -0.2) is 63.0 Å². The van der Waals surface area contributed by atoms with Crippen LogP contribution < -0.4 is 35.0 Å². The van der Waals surface area contributed by atoms with Crippen molar-refractivity contribution in [2.24, 2.45) is 5.10 Å². The number of allylic oxidation sites excluding steroid dienone is 1. The molecule has 1 aliphatic rings. The number of ether oxygens (including phenoxy) is 5. The molecule has 2 amide bonds. The van der Waals surface area contributed by atoms with Crippen molar-refractivity contribution < 1.29 is 43.2 Å². The molecule has 0 saturated carbocycles. The molecule has 2 aromatic carbocycles. The summed E-state index contributed by atoms with van der Waals surface area (Å²) < 4.78 is 27.5. The van der Waals surface area contributed by atoms with E-state index in [0.29, 0.717) is 50.0 Å². The van der Waals surface area contributed by atoms with Gasteiger partial charge in [0.25, 0.3) is 0 Å². The average molecular weight is 682 g/mol. The molecule has 0 bridgehead atoms. The minimum atomic E-state index is -1.18. The lowest BCUT2D eigenvalue weighted by atomic mass is 9.95. The van der Waals surface area contributed by atoms with Gasteiger partial charge in [0.2, 0.25) is 0 Å². The van der Waals surface area contributed by atoms with Gasteiger partial charge in [0.15, 0.2) is 29.2 Å². The molecule has 0 aliphatic carbocycles. The number of methoxy groups -OCH3 is 2. The van der Waals surface area contributed by atoms with Crippen molar-refractivity contribution in [1.82, 2.24) is 16.1 Å². The number of hydrogen-bond acceptors (Lipinski definition) is 11. The number of benzene rings is 2. The molecular weight excluding hydrogens is 651 g/mol. The van der Waals surface area contributed by atoms with E-state index >= 15 is 0 Å². The Balaban J connectivity index is 1.70. The van der Waals surface area contributed by atoms with Crippen molar-refractivity contribution in [2.75, 3.05) is 27.4 Å². The van der Waals surface area contributed by atoms with Gasteiger partial charge in [0.05, 0.1) is 42.2 Å². The lowest BCUT2D eigenvalue weighted by Gasteiger charge is -2.28. The van der Waals surface area contributed by atoms with Crippen LogP contribution in [0.1, 0.15) is 37.9 Å². The highest BCUT2D eigenvalue weighted by Crippen LogP contribution is 2.35. The van der Waals surface area contributed by atoms with Crippen LogP contribution in [-0.2, 0) is 14.3 Å². The first-order valence-corrected chi connectivity index (χ1v) is 13.4. The van der Waals surface area contributed by atoms with E-state index in [1.165, 1.54) is 27.4 Å². The summed E-state index contributed by atoms with van der Waals surface area (Å²) in [5, 5.41) is 19.7. The Morgan fingerprint density at radius 2 is 1.93 bits per heavy atom. The summed E-state index contributed by atoms with van der Waals surface area (Å²) in [5.41, 5.74) is 4.42. The van der Waals surface area contributed by atoms with E-state index in [0.717, 1.165) is 0 Å². The van der Waals surface area contributed by atoms with Crippen LogP contribution in [0.3, 0.4) is 0 Å². The predicted molar refractivity (Wildman–Crippen MR) is 156 cm³/mol. The number of rotatable bonds is 12. The fourth-order valence-corrected chi connectivity index (χ4v) is 4.61. The summed E-state index contributed by atoms with van der Waals surface area (Å²) in [6.45, 7) is 4.86. The van der Waals surface area contributed by atoms with E-state index in [9.17, 15) is 19.5 Å². The number of carbonyl (C=O) groups is 3. The van der Waals surface area contributed by atoms with Gasteiger partial charge in [-0.05, 0) is 71.8 Å². The minimum Gasteiger partial charge on any atom is -0.493 e. The Kier molecular flexibility index (Phi) is 11.2. The van der Waals surface area contributed by atoms with Crippen molar-refractivity contribution in [2.45, 2.75) is 33.0 Å².